The van der Waals surface area contributed by atoms with Gasteiger partial charge in [-0.3, -0.25) is 4.79 Å². The van der Waals surface area contributed by atoms with E-state index in [4.69, 9.17) is 14.2 Å². The number of hydrogen-bond donors (Lipinski definition) is 2. The van der Waals surface area contributed by atoms with E-state index in [1.807, 2.05) is 12.1 Å². The minimum atomic E-state index is -0.636. The molecule has 0 saturated carbocycles. The molecule has 1 heterocycles. The van der Waals surface area contributed by atoms with Crippen LogP contribution < -0.4 is 10.6 Å². The maximum atomic E-state index is 11.5. The highest BCUT2D eigenvalue weighted by atomic mass is 16.7. The van der Waals surface area contributed by atoms with E-state index in [0.717, 1.165) is 0 Å². The van der Waals surface area contributed by atoms with Gasteiger partial charge >= 0.3 is 6.09 Å². The molecule has 7 heteroatoms. The average molecular weight is 372 g/mol. The Hall–Kier alpha value is -2.64. The zero-order chi connectivity index (χ0) is 19.1. The molecule has 3 rings (SSSR count). The molecule has 2 aromatic carbocycles. The minimum absolute atomic E-state index is 0.179. The lowest BCUT2D eigenvalue weighted by Gasteiger charge is -2.30. The Morgan fingerprint density at radius 2 is 1.85 bits per heavy atom. The fraction of sp³-hybridized carbons (Fsp3) is 0.400. The largest absolute Gasteiger partial charge is 0.439 e. The maximum Gasteiger partial charge on any atom is 0.407 e. The van der Waals surface area contributed by atoms with Gasteiger partial charge in [-0.25, -0.2) is 4.79 Å². The predicted molar refractivity (Wildman–Crippen MR) is 100 cm³/mol. The third-order valence-corrected chi connectivity index (χ3v) is 4.49. The second kappa shape index (κ2) is 9.34. The van der Waals surface area contributed by atoms with Crippen LogP contribution in [0.25, 0.3) is 10.8 Å². The molecule has 0 radical (unpaired) electrons. The number of likely N-dealkylation sites (N-methyl/N-ethyl adjacent to an activating group) is 1. The van der Waals surface area contributed by atoms with Gasteiger partial charge in [0.15, 0.2) is 12.9 Å². The first-order valence-electron chi connectivity index (χ1n) is 8.99. The van der Waals surface area contributed by atoms with Crippen molar-refractivity contribution < 1.29 is 23.8 Å². The van der Waals surface area contributed by atoms with Crippen LogP contribution in [0, 0.1) is 0 Å². The topological polar surface area (TPSA) is 85.9 Å². The molecule has 2 N–H and O–H groups in total. The van der Waals surface area contributed by atoms with E-state index in [-0.39, 0.29) is 24.7 Å². The highest BCUT2D eigenvalue weighted by Crippen LogP contribution is 2.29. The van der Waals surface area contributed by atoms with Gasteiger partial charge in [-0.1, -0.05) is 42.5 Å². The molecule has 1 aliphatic heterocycles. The van der Waals surface area contributed by atoms with Crippen LogP contribution >= 0.6 is 0 Å². The number of carbonyl (C=O) groups is 2. The lowest BCUT2D eigenvalue weighted by molar-refractivity contribution is -0.188. The van der Waals surface area contributed by atoms with Crippen LogP contribution in [0.1, 0.15) is 17.9 Å². The molecule has 0 unspecified atom stereocenters. The van der Waals surface area contributed by atoms with Crippen molar-refractivity contribution in [2.75, 3.05) is 33.4 Å². The molecule has 2 aromatic rings. The van der Waals surface area contributed by atoms with Gasteiger partial charge in [0.25, 0.3) is 5.91 Å². The molecule has 0 bridgehead atoms. The normalized spacial score (nSPS) is 19.4. The number of carbonyl (C=O) groups excluding carboxylic acids is 2. The molecule has 0 aromatic heterocycles. The number of fused-ring (bicyclic) bond motifs is 1. The first-order valence-corrected chi connectivity index (χ1v) is 8.99. The molecule has 1 aliphatic rings. The van der Waals surface area contributed by atoms with Gasteiger partial charge in [-0.2, -0.15) is 0 Å². The second-order valence-corrected chi connectivity index (χ2v) is 6.33. The van der Waals surface area contributed by atoms with Gasteiger partial charge < -0.3 is 24.8 Å². The Balaban J connectivity index is 1.43. The second-order valence-electron chi connectivity index (χ2n) is 6.33. The van der Waals surface area contributed by atoms with Gasteiger partial charge in [0.1, 0.15) is 0 Å². The monoisotopic (exact) mass is 372 g/mol. The van der Waals surface area contributed by atoms with Crippen LogP contribution in [0.4, 0.5) is 4.79 Å². The summed E-state index contributed by atoms with van der Waals surface area (Å²) < 4.78 is 16.4. The van der Waals surface area contributed by atoms with E-state index < -0.39 is 6.09 Å². The molecule has 27 heavy (non-hydrogen) atoms. The van der Waals surface area contributed by atoms with Crippen LogP contribution in [0.15, 0.2) is 42.5 Å². The summed E-state index contributed by atoms with van der Waals surface area (Å²) in [6.45, 7) is 1.18. The van der Waals surface area contributed by atoms with Gasteiger partial charge in [-0.05, 0) is 16.3 Å². The maximum absolute atomic E-state index is 11.5. The van der Waals surface area contributed by atoms with Crippen LogP contribution in [-0.4, -0.2) is 51.7 Å². The lowest BCUT2D eigenvalue weighted by atomic mass is 9.94. The van der Waals surface area contributed by atoms with Crippen molar-refractivity contribution >= 4 is 22.8 Å². The molecule has 1 fully saturated rings. The Morgan fingerprint density at radius 1 is 1.11 bits per heavy atom. The van der Waals surface area contributed by atoms with Crippen LogP contribution in [0.2, 0.25) is 0 Å². The van der Waals surface area contributed by atoms with E-state index in [1.165, 1.54) is 23.4 Å². The number of ether oxygens (including phenoxy) is 3. The highest BCUT2D eigenvalue weighted by molar-refractivity contribution is 5.86. The molecule has 0 atom stereocenters. The zero-order valence-electron chi connectivity index (χ0n) is 15.3. The number of rotatable bonds is 6. The number of benzene rings is 2. The molecule has 144 valence electrons. The van der Waals surface area contributed by atoms with Crippen molar-refractivity contribution in [2.24, 2.45) is 0 Å². The van der Waals surface area contributed by atoms with Crippen molar-refractivity contribution in [3.05, 3.63) is 48.0 Å². The van der Waals surface area contributed by atoms with Crippen LogP contribution in [-0.2, 0) is 19.0 Å². The molecule has 7 nitrogen and oxygen atoms in total. The summed E-state index contributed by atoms with van der Waals surface area (Å²) in [5, 5.41) is 7.37. The van der Waals surface area contributed by atoms with E-state index in [1.54, 1.807) is 0 Å². The van der Waals surface area contributed by atoms with Crippen LogP contribution in [0.5, 0.6) is 0 Å². The number of alkyl carbamates (subject to hydrolysis) is 1. The Kier molecular flexibility index (Phi) is 6.62. The van der Waals surface area contributed by atoms with Gasteiger partial charge in [0, 0.05) is 25.9 Å². The average Bonchev–Trinajstić information content (AvgIpc) is 2.72. The minimum Gasteiger partial charge on any atom is -0.439 e. The molecule has 2 amide bonds. The van der Waals surface area contributed by atoms with Gasteiger partial charge in [-0.15, -0.1) is 0 Å². The van der Waals surface area contributed by atoms with Crippen molar-refractivity contribution in [3.63, 3.8) is 0 Å². The smallest absolute Gasteiger partial charge is 0.407 e. The first-order chi connectivity index (χ1) is 13.2. The fourth-order valence-corrected chi connectivity index (χ4v) is 3.04. The summed E-state index contributed by atoms with van der Waals surface area (Å²) in [6, 6.07) is 14.5. The van der Waals surface area contributed by atoms with Crippen molar-refractivity contribution in [1.82, 2.24) is 10.6 Å². The summed E-state index contributed by atoms with van der Waals surface area (Å²) in [5.41, 5.74) is 1.22. The van der Waals surface area contributed by atoms with E-state index in [0.29, 0.717) is 26.2 Å². The van der Waals surface area contributed by atoms with Crippen molar-refractivity contribution in [3.8, 4) is 0 Å². The third kappa shape index (κ3) is 5.18. The molecule has 0 spiro atoms. The first kappa shape index (κ1) is 19.1. The van der Waals surface area contributed by atoms with Gasteiger partial charge in [0.2, 0.25) is 0 Å². The Morgan fingerprint density at radius 3 is 2.63 bits per heavy atom. The summed E-state index contributed by atoms with van der Waals surface area (Å²) in [5.74, 6) is -0.179. The highest BCUT2D eigenvalue weighted by Gasteiger charge is 2.24. The zero-order valence-corrected chi connectivity index (χ0v) is 15.3. The molecule has 0 aliphatic carbocycles. The number of hydrogen-bond acceptors (Lipinski definition) is 5. The number of amides is 2. The molecular formula is C20H24N2O5. The lowest BCUT2D eigenvalue weighted by Crippen LogP contribution is -2.35. The summed E-state index contributed by atoms with van der Waals surface area (Å²) in [7, 11) is 1.48. The summed E-state index contributed by atoms with van der Waals surface area (Å²) >= 11 is 0. The van der Waals surface area contributed by atoms with Crippen LogP contribution in [0.3, 0.4) is 0 Å². The van der Waals surface area contributed by atoms with Crippen molar-refractivity contribution in [1.29, 1.82) is 0 Å². The fourth-order valence-electron chi connectivity index (χ4n) is 3.04. The summed E-state index contributed by atoms with van der Waals surface area (Å²) in [6.07, 6.45) is -0.490. The number of nitrogens with one attached hydrogen (secondary N) is 2. The molecule has 1 saturated heterocycles. The third-order valence-electron chi connectivity index (χ3n) is 4.49. The Bertz CT molecular complexity index is 782. The van der Waals surface area contributed by atoms with E-state index in [2.05, 4.69) is 41.0 Å². The van der Waals surface area contributed by atoms with Gasteiger partial charge in [0.05, 0.1) is 13.2 Å². The summed E-state index contributed by atoms with van der Waals surface area (Å²) in [4.78, 5) is 22.5. The predicted octanol–water partition coefficient (Wildman–Crippen LogP) is 2.16. The van der Waals surface area contributed by atoms with Crippen molar-refractivity contribution in [2.45, 2.75) is 18.6 Å². The van der Waals surface area contributed by atoms with E-state index in [9.17, 15) is 9.59 Å². The standard InChI is InChI=1S/C20H24N2O5/c1-21-18(23)13-27-20(24)22-10-9-19-25-11-15(12-26-19)17-8-4-6-14-5-2-3-7-16(14)17/h2-8,15,19H,9-13H2,1H3,(H,21,23)(H,22,24). The SMILES string of the molecule is CNC(=O)COC(=O)NCCC1OCC(c2cccc3ccccc23)CO1. The quantitative estimate of drug-likeness (QED) is 0.812. The molecular weight excluding hydrogens is 348 g/mol. The Labute approximate surface area is 158 Å². The van der Waals surface area contributed by atoms with E-state index >= 15 is 0 Å².